The molecule has 0 aliphatic heterocycles. The minimum absolute atomic E-state index is 0.0430. The Labute approximate surface area is 115 Å². The number of hydrogen-bond donors (Lipinski definition) is 4. The van der Waals surface area contributed by atoms with Gasteiger partial charge in [0.25, 0.3) is 0 Å². The van der Waals surface area contributed by atoms with E-state index in [0.29, 0.717) is 11.4 Å². The molecule has 1 heterocycles. The molecule has 2 rings (SSSR count). The maximum absolute atomic E-state index is 11.2. The number of rotatable bonds is 4. The van der Waals surface area contributed by atoms with Crippen LogP contribution in [0.1, 0.15) is 0 Å². The lowest BCUT2D eigenvalue weighted by molar-refractivity contribution is -0.111. The summed E-state index contributed by atoms with van der Waals surface area (Å²) < 4.78 is 0. The van der Waals surface area contributed by atoms with Gasteiger partial charge in [0, 0.05) is 11.4 Å². The Bertz CT molecular complexity index is 657. The molecule has 0 spiro atoms. The maximum atomic E-state index is 11.2. The van der Waals surface area contributed by atoms with Crippen LogP contribution in [0.25, 0.3) is 0 Å². The van der Waals surface area contributed by atoms with Crippen LogP contribution in [-0.4, -0.2) is 21.0 Å². The van der Waals surface area contributed by atoms with Gasteiger partial charge in [0.2, 0.25) is 11.9 Å². The van der Waals surface area contributed by atoms with E-state index in [9.17, 15) is 9.90 Å². The number of aromatic nitrogens is 2. The van der Waals surface area contributed by atoms with Crippen molar-refractivity contribution in [3.63, 3.8) is 0 Å². The van der Waals surface area contributed by atoms with Gasteiger partial charge in [-0.2, -0.15) is 4.98 Å². The highest BCUT2D eigenvalue weighted by atomic mass is 16.3. The zero-order valence-corrected chi connectivity index (χ0v) is 10.5. The van der Waals surface area contributed by atoms with Crippen LogP contribution in [0.5, 0.6) is 5.75 Å². The van der Waals surface area contributed by atoms with E-state index in [1.54, 1.807) is 24.3 Å². The predicted molar refractivity (Wildman–Crippen MR) is 76.7 cm³/mol. The van der Waals surface area contributed by atoms with Crippen molar-refractivity contribution in [2.75, 3.05) is 16.4 Å². The van der Waals surface area contributed by atoms with E-state index in [2.05, 4.69) is 27.2 Å². The van der Waals surface area contributed by atoms with E-state index in [1.165, 1.54) is 12.3 Å². The Kier molecular flexibility index (Phi) is 3.80. The highest BCUT2D eigenvalue weighted by molar-refractivity contribution is 5.99. The van der Waals surface area contributed by atoms with Crippen LogP contribution in [0.4, 0.5) is 23.1 Å². The van der Waals surface area contributed by atoms with Crippen LogP contribution in [0.3, 0.4) is 0 Å². The van der Waals surface area contributed by atoms with E-state index in [-0.39, 0.29) is 23.4 Å². The van der Waals surface area contributed by atoms with Gasteiger partial charge in [-0.1, -0.05) is 12.6 Å². The second-order valence-corrected chi connectivity index (χ2v) is 3.86. The second-order valence-electron chi connectivity index (χ2n) is 3.86. The molecule has 0 radical (unpaired) electrons. The minimum Gasteiger partial charge on any atom is -0.503 e. The third kappa shape index (κ3) is 3.22. The normalized spacial score (nSPS) is 9.80. The van der Waals surface area contributed by atoms with E-state index in [4.69, 9.17) is 5.73 Å². The first-order chi connectivity index (χ1) is 9.58. The number of anilines is 4. The van der Waals surface area contributed by atoms with Gasteiger partial charge in [-0.15, -0.1) is 0 Å². The van der Waals surface area contributed by atoms with E-state index >= 15 is 0 Å². The fourth-order valence-electron chi connectivity index (χ4n) is 1.49. The Morgan fingerprint density at radius 3 is 2.90 bits per heavy atom. The lowest BCUT2D eigenvalue weighted by Gasteiger charge is -2.09. The standard InChI is InChI=1S/C13H13N5O2/c1-2-11(20)16-8-4-3-5-9(6-8)17-12-10(19)7-15-13(14)18-12/h2-7,19H,1H2,(H,16,20)(H3,14,15,17,18). The monoisotopic (exact) mass is 271 g/mol. The molecule has 7 heteroatoms. The number of carbonyl (C=O) groups excluding carboxylic acids is 1. The fraction of sp³-hybridized carbons (Fsp3) is 0. The van der Waals surface area contributed by atoms with Crippen molar-refractivity contribution in [1.29, 1.82) is 0 Å². The van der Waals surface area contributed by atoms with Gasteiger partial charge in [-0.3, -0.25) is 4.79 Å². The van der Waals surface area contributed by atoms with Crippen molar-refractivity contribution < 1.29 is 9.90 Å². The van der Waals surface area contributed by atoms with Crippen molar-refractivity contribution >= 4 is 29.0 Å². The third-order valence-corrected chi connectivity index (χ3v) is 2.37. The molecule has 1 aromatic carbocycles. The number of hydrogen-bond acceptors (Lipinski definition) is 6. The zero-order valence-electron chi connectivity index (χ0n) is 10.5. The van der Waals surface area contributed by atoms with Gasteiger partial charge in [0.1, 0.15) is 0 Å². The quantitative estimate of drug-likeness (QED) is 0.629. The highest BCUT2D eigenvalue weighted by Gasteiger charge is 2.05. The molecule has 0 aliphatic carbocycles. The van der Waals surface area contributed by atoms with Crippen molar-refractivity contribution in [2.24, 2.45) is 0 Å². The zero-order chi connectivity index (χ0) is 14.5. The summed E-state index contributed by atoms with van der Waals surface area (Å²) in [6.07, 6.45) is 2.38. The number of carbonyl (C=O) groups is 1. The summed E-state index contributed by atoms with van der Waals surface area (Å²) in [5.41, 5.74) is 6.66. The predicted octanol–water partition coefficient (Wildman–Crippen LogP) is 1.63. The Hall–Kier alpha value is -3.09. The number of nitrogens with zero attached hydrogens (tertiary/aromatic N) is 2. The van der Waals surface area contributed by atoms with E-state index in [1.807, 2.05) is 0 Å². The van der Waals surface area contributed by atoms with Crippen LogP contribution in [0.2, 0.25) is 0 Å². The van der Waals surface area contributed by atoms with Crippen molar-refractivity contribution in [1.82, 2.24) is 9.97 Å². The van der Waals surface area contributed by atoms with Gasteiger partial charge in [0.15, 0.2) is 11.6 Å². The van der Waals surface area contributed by atoms with Crippen LogP contribution in [0.15, 0.2) is 43.1 Å². The van der Waals surface area contributed by atoms with Crippen LogP contribution >= 0.6 is 0 Å². The van der Waals surface area contributed by atoms with Crippen molar-refractivity contribution in [3.8, 4) is 5.75 Å². The molecule has 0 aliphatic rings. The lowest BCUT2D eigenvalue weighted by Crippen LogP contribution is -2.07. The summed E-state index contributed by atoms with van der Waals surface area (Å²) in [5.74, 6) is -0.206. The molecule has 0 saturated heterocycles. The minimum atomic E-state index is -0.309. The topological polar surface area (TPSA) is 113 Å². The lowest BCUT2D eigenvalue weighted by atomic mass is 10.2. The molecule has 1 aromatic heterocycles. The largest absolute Gasteiger partial charge is 0.503 e. The summed E-state index contributed by atoms with van der Waals surface area (Å²) in [7, 11) is 0. The maximum Gasteiger partial charge on any atom is 0.247 e. The number of nitrogens with two attached hydrogens (primary N) is 1. The van der Waals surface area contributed by atoms with Gasteiger partial charge in [-0.25, -0.2) is 4.98 Å². The molecule has 0 fully saturated rings. The van der Waals surface area contributed by atoms with Gasteiger partial charge >= 0.3 is 0 Å². The summed E-state index contributed by atoms with van der Waals surface area (Å²) in [4.78, 5) is 18.8. The Morgan fingerprint density at radius 2 is 2.15 bits per heavy atom. The van der Waals surface area contributed by atoms with Gasteiger partial charge in [0.05, 0.1) is 6.20 Å². The summed E-state index contributed by atoms with van der Waals surface area (Å²) in [5, 5.41) is 15.1. The molecular weight excluding hydrogens is 258 g/mol. The molecular formula is C13H13N5O2. The first-order valence-corrected chi connectivity index (χ1v) is 5.70. The summed E-state index contributed by atoms with van der Waals surface area (Å²) >= 11 is 0. The fourth-order valence-corrected chi connectivity index (χ4v) is 1.49. The number of amides is 1. The first kappa shape index (κ1) is 13.3. The summed E-state index contributed by atoms with van der Waals surface area (Å²) in [6, 6.07) is 6.89. The molecule has 0 bridgehead atoms. The molecule has 7 nitrogen and oxygen atoms in total. The first-order valence-electron chi connectivity index (χ1n) is 5.70. The smallest absolute Gasteiger partial charge is 0.247 e. The molecule has 2 aromatic rings. The Morgan fingerprint density at radius 1 is 1.40 bits per heavy atom. The van der Waals surface area contributed by atoms with Crippen LogP contribution in [0, 0.1) is 0 Å². The third-order valence-electron chi connectivity index (χ3n) is 2.37. The van der Waals surface area contributed by atoms with Crippen LogP contribution in [-0.2, 0) is 4.79 Å². The molecule has 0 saturated carbocycles. The number of aromatic hydroxyl groups is 1. The van der Waals surface area contributed by atoms with E-state index in [0.717, 1.165) is 0 Å². The highest BCUT2D eigenvalue weighted by Crippen LogP contribution is 2.25. The average molecular weight is 271 g/mol. The molecule has 102 valence electrons. The number of benzene rings is 1. The molecule has 20 heavy (non-hydrogen) atoms. The number of nitrogen functional groups attached to an aromatic ring is 1. The Balaban J connectivity index is 2.21. The average Bonchev–Trinajstić information content (AvgIpc) is 2.43. The van der Waals surface area contributed by atoms with E-state index < -0.39 is 0 Å². The SMILES string of the molecule is C=CC(=O)Nc1cccc(Nc2nc(N)ncc2O)c1. The second kappa shape index (κ2) is 5.70. The van der Waals surface area contributed by atoms with Gasteiger partial charge in [-0.05, 0) is 24.3 Å². The summed E-state index contributed by atoms with van der Waals surface area (Å²) in [6.45, 7) is 3.38. The molecule has 5 N–H and O–H groups in total. The molecule has 0 unspecified atom stereocenters. The molecule has 0 atom stereocenters. The number of nitrogens with one attached hydrogen (secondary N) is 2. The van der Waals surface area contributed by atoms with Gasteiger partial charge < -0.3 is 21.5 Å². The molecule has 1 amide bonds. The van der Waals surface area contributed by atoms with Crippen LogP contribution < -0.4 is 16.4 Å². The van der Waals surface area contributed by atoms with Crippen molar-refractivity contribution in [2.45, 2.75) is 0 Å². The van der Waals surface area contributed by atoms with Crippen molar-refractivity contribution in [3.05, 3.63) is 43.1 Å².